The Morgan fingerprint density at radius 3 is 2.16 bits per heavy atom. The van der Waals surface area contributed by atoms with Crippen molar-refractivity contribution in [1.29, 1.82) is 0 Å². The highest BCUT2D eigenvalue weighted by atomic mass is 35.5. The number of ether oxygens (including phenoxy) is 3. The minimum absolute atomic E-state index is 0.0890. The van der Waals surface area contributed by atoms with Crippen molar-refractivity contribution < 1.29 is 27.4 Å². The van der Waals surface area contributed by atoms with Crippen LogP contribution in [0.15, 0.2) is 59.5 Å². The van der Waals surface area contributed by atoms with E-state index in [1.54, 1.807) is 12.1 Å². The average molecular weight is 561 g/mol. The van der Waals surface area contributed by atoms with Gasteiger partial charge in [-0.25, -0.2) is 8.42 Å². The quantitative estimate of drug-likeness (QED) is 0.335. The number of amides is 1. The Labute approximate surface area is 229 Å². The van der Waals surface area contributed by atoms with Crippen molar-refractivity contribution in [3.8, 4) is 17.2 Å². The minimum atomic E-state index is -4.26. The third-order valence-corrected chi connectivity index (χ3v) is 8.17. The number of rotatable bonds is 12. The predicted molar refractivity (Wildman–Crippen MR) is 149 cm³/mol. The Hall–Kier alpha value is -3.43. The van der Waals surface area contributed by atoms with Gasteiger partial charge in [-0.1, -0.05) is 43.6 Å². The van der Waals surface area contributed by atoms with Crippen molar-refractivity contribution in [3.05, 3.63) is 76.3 Å². The van der Waals surface area contributed by atoms with Crippen LogP contribution in [-0.2, 0) is 34.2 Å². The number of methoxy groups -OCH3 is 3. The lowest BCUT2D eigenvalue weighted by Gasteiger charge is -2.26. The number of nitrogens with one attached hydrogen (secondary N) is 1. The molecule has 0 unspecified atom stereocenters. The van der Waals surface area contributed by atoms with Gasteiger partial charge in [0.1, 0.15) is 12.3 Å². The number of carbonyl (C=O) groups is 1. The maximum Gasteiger partial charge on any atom is 0.265 e. The predicted octanol–water partition coefficient (Wildman–Crippen LogP) is 5.00. The van der Waals surface area contributed by atoms with Crippen LogP contribution in [0, 0.1) is 0 Å². The molecular weight excluding hydrogens is 528 g/mol. The molecule has 0 fully saturated rings. The summed E-state index contributed by atoms with van der Waals surface area (Å²) >= 11 is 6.23. The first-order valence-corrected chi connectivity index (χ1v) is 14.0. The van der Waals surface area contributed by atoms with E-state index in [1.807, 2.05) is 0 Å². The molecule has 1 N–H and O–H groups in total. The van der Waals surface area contributed by atoms with Crippen LogP contribution in [0.4, 0.5) is 5.69 Å². The van der Waals surface area contributed by atoms with Crippen LogP contribution in [0.5, 0.6) is 17.2 Å². The Morgan fingerprint density at radius 2 is 1.53 bits per heavy atom. The number of aryl methyl sites for hydroxylation is 2. The van der Waals surface area contributed by atoms with Gasteiger partial charge in [0.15, 0.2) is 11.5 Å². The van der Waals surface area contributed by atoms with E-state index < -0.39 is 22.5 Å². The molecule has 0 spiro atoms. The number of carbonyl (C=O) groups excluding carboxylic acids is 1. The smallest absolute Gasteiger partial charge is 0.265 e. The highest BCUT2D eigenvalue weighted by Crippen LogP contribution is 2.37. The van der Waals surface area contributed by atoms with E-state index in [9.17, 15) is 13.2 Å². The highest BCUT2D eigenvalue weighted by molar-refractivity contribution is 7.92. The third kappa shape index (κ3) is 6.52. The molecule has 0 aliphatic heterocycles. The number of hydrogen-bond acceptors (Lipinski definition) is 6. The van der Waals surface area contributed by atoms with Crippen LogP contribution in [0.1, 0.15) is 30.5 Å². The first kappa shape index (κ1) is 29.1. The molecular formula is C28H33ClN2O6S. The first-order chi connectivity index (χ1) is 18.2. The molecule has 3 aromatic rings. The summed E-state index contributed by atoms with van der Waals surface area (Å²) in [5.74, 6) is 0.367. The minimum Gasteiger partial charge on any atom is -0.495 e. The van der Waals surface area contributed by atoms with E-state index in [0.717, 1.165) is 33.8 Å². The monoisotopic (exact) mass is 560 g/mol. The summed E-state index contributed by atoms with van der Waals surface area (Å²) < 4.78 is 44.8. The molecule has 8 nitrogen and oxygen atoms in total. The fourth-order valence-corrected chi connectivity index (χ4v) is 5.66. The summed E-state index contributed by atoms with van der Waals surface area (Å²) in [5, 5.41) is 3.17. The van der Waals surface area contributed by atoms with Gasteiger partial charge in [0.2, 0.25) is 5.91 Å². The molecule has 3 aromatic carbocycles. The third-order valence-electron chi connectivity index (χ3n) is 6.18. The Bertz CT molecular complexity index is 1390. The molecule has 10 heteroatoms. The summed E-state index contributed by atoms with van der Waals surface area (Å²) in [6.45, 7) is 3.89. The van der Waals surface area contributed by atoms with Crippen LogP contribution in [0.3, 0.4) is 0 Å². The molecule has 38 heavy (non-hydrogen) atoms. The number of sulfonamides is 1. The summed E-state index contributed by atoms with van der Waals surface area (Å²) in [4.78, 5) is 13.1. The van der Waals surface area contributed by atoms with Crippen LogP contribution >= 0.6 is 11.6 Å². The Morgan fingerprint density at radius 1 is 0.842 bits per heavy atom. The Kier molecular flexibility index (Phi) is 9.88. The topological polar surface area (TPSA) is 94.2 Å². The van der Waals surface area contributed by atoms with Crippen LogP contribution in [0.2, 0.25) is 5.02 Å². The molecule has 0 bridgehead atoms. The fourth-order valence-electron chi connectivity index (χ4n) is 4.05. The van der Waals surface area contributed by atoms with Crippen molar-refractivity contribution in [2.75, 3.05) is 32.2 Å². The molecule has 0 aliphatic carbocycles. The zero-order valence-corrected chi connectivity index (χ0v) is 23.8. The fraction of sp³-hybridized carbons (Fsp3) is 0.321. The van der Waals surface area contributed by atoms with E-state index in [4.69, 9.17) is 25.8 Å². The van der Waals surface area contributed by atoms with Gasteiger partial charge in [-0.3, -0.25) is 9.10 Å². The second kappa shape index (κ2) is 12.9. The molecule has 0 aliphatic rings. The zero-order chi connectivity index (χ0) is 27.9. The molecule has 0 atom stereocenters. The summed E-state index contributed by atoms with van der Waals surface area (Å²) in [7, 11) is 0.0257. The molecule has 0 saturated carbocycles. The van der Waals surface area contributed by atoms with Gasteiger partial charge in [0, 0.05) is 17.6 Å². The molecule has 0 aromatic heterocycles. The zero-order valence-electron chi connectivity index (χ0n) is 22.2. The standard InChI is InChI=1S/C28H33ClN2O6S/c1-6-19-8-9-20(7-2)21(14-19)17-30-28(32)18-31(24-15-22(29)10-12-25(24)35-3)38(33,34)23-11-13-26(36-4)27(16-23)37-5/h8-16H,6-7,17-18H2,1-5H3,(H,30,32). The molecule has 0 radical (unpaired) electrons. The van der Waals surface area contributed by atoms with Crippen molar-refractivity contribution in [3.63, 3.8) is 0 Å². The van der Waals surface area contributed by atoms with Gasteiger partial charge in [0.05, 0.1) is 31.9 Å². The van der Waals surface area contributed by atoms with Crippen molar-refractivity contribution in [1.82, 2.24) is 5.32 Å². The van der Waals surface area contributed by atoms with Crippen molar-refractivity contribution >= 4 is 33.2 Å². The van der Waals surface area contributed by atoms with Gasteiger partial charge < -0.3 is 19.5 Å². The van der Waals surface area contributed by atoms with Gasteiger partial charge >= 0.3 is 0 Å². The van der Waals surface area contributed by atoms with E-state index >= 15 is 0 Å². The molecule has 1 amide bonds. The number of nitrogens with zero attached hydrogens (tertiary/aromatic N) is 1. The maximum absolute atomic E-state index is 13.9. The van der Waals surface area contributed by atoms with Gasteiger partial charge in [-0.2, -0.15) is 0 Å². The normalized spacial score (nSPS) is 11.1. The summed E-state index contributed by atoms with van der Waals surface area (Å²) in [6, 6.07) is 15.0. The lowest BCUT2D eigenvalue weighted by Crippen LogP contribution is -2.41. The number of hydrogen-bond donors (Lipinski definition) is 1. The lowest BCUT2D eigenvalue weighted by atomic mass is 10.0. The molecule has 0 heterocycles. The highest BCUT2D eigenvalue weighted by Gasteiger charge is 2.30. The number of halogens is 1. The largest absolute Gasteiger partial charge is 0.495 e. The second-order valence-corrected chi connectivity index (χ2v) is 10.7. The van der Waals surface area contributed by atoms with E-state index in [2.05, 4.69) is 37.4 Å². The molecule has 0 saturated heterocycles. The number of benzene rings is 3. The van der Waals surface area contributed by atoms with Crippen LogP contribution < -0.4 is 23.8 Å². The first-order valence-electron chi connectivity index (χ1n) is 12.1. The van der Waals surface area contributed by atoms with E-state index in [-0.39, 0.29) is 33.6 Å². The van der Waals surface area contributed by atoms with Crippen molar-refractivity contribution in [2.24, 2.45) is 0 Å². The van der Waals surface area contributed by atoms with E-state index in [0.29, 0.717) is 5.75 Å². The van der Waals surface area contributed by atoms with Gasteiger partial charge in [0.25, 0.3) is 10.0 Å². The van der Waals surface area contributed by atoms with Gasteiger partial charge in [-0.05, 0) is 59.9 Å². The van der Waals surface area contributed by atoms with Crippen LogP contribution in [-0.4, -0.2) is 42.2 Å². The second-order valence-electron chi connectivity index (χ2n) is 8.43. The molecule has 3 rings (SSSR count). The number of anilines is 1. The summed E-state index contributed by atoms with van der Waals surface area (Å²) in [5.41, 5.74) is 3.41. The molecule has 204 valence electrons. The lowest BCUT2D eigenvalue weighted by molar-refractivity contribution is -0.119. The SMILES string of the molecule is CCc1ccc(CC)c(CNC(=O)CN(c2cc(Cl)ccc2OC)S(=O)(=O)c2ccc(OC)c(OC)c2)c1. The van der Waals surface area contributed by atoms with Gasteiger partial charge in [-0.15, -0.1) is 0 Å². The average Bonchev–Trinajstić information content (AvgIpc) is 2.93. The summed E-state index contributed by atoms with van der Waals surface area (Å²) in [6.07, 6.45) is 1.69. The van der Waals surface area contributed by atoms with Crippen LogP contribution in [0.25, 0.3) is 0 Å². The van der Waals surface area contributed by atoms with E-state index in [1.165, 1.54) is 45.6 Å². The van der Waals surface area contributed by atoms with Crippen molar-refractivity contribution in [2.45, 2.75) is 38.1 Å². The maximum atomic E-state index is 13.9. The Balaban J connectivity index is 2.00.